The average molecular weight is 228 g/mol. The lowest BCUT2D eigenvalue weighted by Crippen LogP contribution is -2.20. The molecule has 0 aliphatic rings. The van der Waals surface area contributed by atoms with Crippen LogP contribution in [-0.4, -0.2) is 12.0 Å². The van der Waals surface area contributed by atoms with Crippen molar-refractivity contribution in [2.45, 2.75) is 12.5 Å². The summed E-state index contributed by atoms with van der Waals surface area (Å²) in [4.78, 5) is 3.13. The summed E-state index contributed by atoms with van der Waals surface area (Å²) in [6.07, 6.45) is -4.74. The molecule has 1 aromatic rings. The molecule has 0 fully saturated rings. The van der Waals surface area contributed by atoms with Crippen molar-refractivity contribution in [2.75, 3.05) is 0 Å². The number of aromatic nitrogens is 1. The lowest BCUT2D eigenvalue weighted by atomic mass is 9.82. The minimum Gasteiger partial charge on any atom is -0.449 e. The molecule has 1 heterocycles. The maximum absolute atomic E-state index is 12.1. The third kappa shape index (κ3) is 3.81. The molecule has 0 bridgehead atoms. The Kier molecular flexibility index (Phi) is 2.96. The summed E-state index contributed by atoms with van der Waals surface area (Å²) >= 11 is 0. The number of hydrogen-bond donors (Lipinski definition) is 0. The molecule has 0 N–H and O–H groups in total. The Morgan fingerprint density at radius 1 is 1.13 bits per heavy atom. The summed E-state index contributed by atoms with van der Waals surface area (Å²) in [6, 6.07) is 0.461. The molecule has 0 aliphatic heterocycles. The molecule has 1 nitrogen and oxygen atoms in total. The fourth-order valence-electron chi connectivity index (χ4n) is 1.02. The van der Waals surface area contributed by atoms with Gasteiger partial charge in [0.05, 0.1) is 5.56 Å². The van der Waals surface area contributed by atoms with Gasteiger partial charge in [-0.25, -0.2) is 0 Å². The van der Waals surface area contributed by atoms with Gasteiger partial charge in [0.1, 0.15) is 0 Å². The highest BCUT2D eigenvalue weighted by Crippen LogP contribution is 2.29. The van der Waals surface area contributed by atoms with Gasteiger partial charge in [-0.15, -0.1) is 0 Å². The lowest BCUT2D eigenvalue weighted by Gasteiger charge is -2.14. The molecule has 0 saturated heterocycles. The van der Waals surface area contributed by atoms with Crippen molar-refractivity contribution in [1.29, 1.82) is 0 Å². The molecular formula is C7H5BF6N-. The summed E-state index contributed by atoms with van der Waals surface area (Å²) in [5.41, 5.74) is -1.64. The van der Waals surface area contributed by atoms with Crippen LogP contribution in [-0.2, 0) is 12.5 Å². The van der Waals surface area contributed by atoms with Crippen molar-refractivity contribution in [3.8, 4) is 0 Å². The number of alkyl halides is 3. The van der Waals surface area contributed by atoms with Crippen LogP contribution >= 0.6 is 0 Å². The van der Waals surface area contributed by atoms with Crippen LogP contribution in [0.2, 0.25) is 0 Å². The van der Waals surface area contributed by atoms with E-state index in [1.54, 1.807) is 0 Å². The minimum absolute atomic E-state index is 0.461. The van der Waals surface area contributed by atoms with Crippen LogP contribution in [0.1, 0.15) is 11.1 Å². The lowest BCUT2D eigenvalue weighted by molar-refractivity contribution is -0.137. The van der Waals surface area contributed by atoms with Gasteiger partial charge in [0.2, 0.25) is 0 Å². The quantitative estimate of drug-likeness (QED) is 0.559. The van der Waals surface area contributed by atoms with Crippen molar-refractivity contribution in [1.82, 2.24) is 4.98 Å². The molecular weight excluding hydrogens is 223 g/mol. The molecule has 0 unspecified atom stereocenters. The molecule has 1 rings (SSSR count). The van der Waals surface area contributed by atoms with E-state index in [-0.39, 0.29) is 0 Å². The van der Waals surface area contributed by atoms with E-state index < -0.39 is 30.6 Å². The number of halogens is 6. The van der Waals surface area contributed by atoms with E-state index in [1.165, 1.54) is 0 Å². The second-order valence-corrected chi connectivity index (χ2v) is 2.99. The summed E-state index contributed by atoms with van der Waals surface area (Å²) in [7, 11) is 0. The second kappa shape index (κ2) is 3.75. The Hall–Kier alpha value is -1.21. The SMILES string of the molecule is F[B-](F)(F)Cc1cncc(C(F)(F)F)c1. The van der Waals surface area contributed by atoms with Gasteiger partial charge in [-0.05, 0) is 6.07 Å². The van der Waals surface area contributed by atoms with Gasteiger partial charge in [0.25, 0.3) is 0 Å². The van der Waals surface area contributed by atoms with Crippen LogP contribution in [0.15, 0.2) is 18.5 Å². The smallest absolute Gasteiger partial charge is 0.449 e. The monoisotopic (exact) mass is 228 g/mol. The van der Waals surface area contributed by atoms with E-state index >= 15 is 0 Å². The topological polar surface area (TPSA) is 12.9 Å². The van der Waals surface area contributed by atoms with Crippen LogP contribution in [0, 0.1) is 0 Å². The van der Waals surface area contributed by atoms with E-state index in [2.05, 4.69) is 4.98 Å². The van der Waals surface area contributed by atoms with Crippen molar-refractivity contribution in [2.24, 2.45) is 0 Å². The summed E-state index contributed by atoms with van der Waals surface area (Å²) in [5, 5.41) is 0. The van der Waals surface area contributed by atoms with Gasteiger partial charge in [-0.1, -0.05) is 11.9 Å². The van der Waals surface area contributed by atoms with Gasteiger partial charge in [-0.2, -0.15) is 13.2 Å². The summed E-state index contributed by atoms with van der Waals surface area (Å²) < 4.78 is 72.0. The minimum atomic E-state index is -5.14. The predicted octanol–water partition coefficient (Wildman–Crippen LogP) is 3.03. The largest absolute Gasteiger partial charge is 0.482 e. The molecule has 84 valence electrons. The standard InChI is InChI=1S/C7H5BF6N/c9-7(10,11)6-1-5(3-15-4-6)2-8(12,13)14/h1,3-4H,2H2/q-1. The Bertz CT molecular complexity index is 344. The first-order valence-electron chi connectivity index (χ1n) is 3.90. The van der Waals surface area contributed by atoms with Gasteiger partial charge in [0.15, 0.2) is 0 Å². The van der Waals surface area contributed by atoms with Gasteiger partial charge < -0.3 is 12.9 Å². The Labute approximate surface area is 81.2 Å². The van der Waals surface area contributed by atoms with Crippen molar-refractivity contribution in [3.63, 3.8) is 0 Å². The van der Waals surface area contributed by atoms with Crippen molar-refractivity contribution >= 4 is 6.98 Å². The Morgan fingerprint density at radius 3 is 2.20 bits per heavy atom. The second-order valence-electron chi connectivity index (χ2n) is 2.99. The highest BCUT2D eigenvalue weighted by molar-refractivity contribution is 6.57. The van der Waals surface area contributed by atoms with Crippen LogP contribution in [0.25, 0.3) is 0 Å². The van der Waals surface area contributed by atoms with Crippen molar-refractivity contribution < 1.29 is 26.1 Å². The Balaban J connectivity index is 2.94. The third-order valence-corrected chi connectivity index (χ3v) is 1.59. The van der Waals surface area contributed by atoms with E-state index in [0.717, 1.165) is 6.20 Å². The van der Waals surface area contributed by atoms with E-state index in [4.69, 9.17) is 0 Å². The normalized spacial score (nSPS) is 12.9. The molecule has 8 heteroatoms. The van der Waals surface area contributed by atoms with Crippen LogP contribution < -0.4 is 0 Å². The number of pyridine rings is 1. The zero-order valence-corrected chi connectivity index (χ0v) is 7.23. The Morgan fingerprint density at radius 2 is 1.73 bits per heavy atom. The zero-order chi connectivity index (χ0) is 11.7. The number of nitrogens with zero attached hydrogens (tertiary/aromatic N) is 1. The fraction of sp³-hybridized carbons (Fsp3) is 0.286. The molecule has 0 atom stereocenters. The first-order valence-corrected chi connectivity index (χ1v) is 3.90. The molecule has 1 aromatic heterocycles. The summed E-state index contributed by atoms with van der Waals surface area (Å²) in [6.45, 7) is -5.14. The highest BCUT2D eigenvalue weighted by Gasteiger charge is 2.32. The van der Waals surface area contributed by atoms with E-state index in [0.29, 0.717) is 12.3 Å². The van der Waals surface area contributed by atoms with Crippen molar-refractivity contribution in [3.05, 3.63) is 29.6 Å². The van der Waals surface area contributed by atoms with Gasteiger partial charge in [0, 0.05) is 12.4 Å². The number of hydrogen-bond acceptors (Lipinski definition) is 1. The van der Waals surface area contributed by atoms with E-state index in [9.17, 15) is 26.1 Å². The first kappa shape index (κ1) is 11.9. The molecule has 15 heavy (non-hydrogen) atoms. The molecule has 0 amide bonds. The first-order chi connectivity index (χ1) is 6.68. The predicted molar refractivity (Wildman–Crippen MR) is 42.0 cm³/mol. The van der Waals surface area contributed by atoms with Gasteiger partial charge in [-0.3, -0.25) is 4.98 Å². The van der Waals surface area contributed by atoms with Gasteiger partial charge >= 0.3 is 13.2 Å². The zero-order valence-electron chi connectivity index (χ0n) is 7.23. The highest BCUT2D eigenvalue weighted by atomic mass is 19.4. The molecule has 0 spiro atoms. The maximum Gasteiger partial charge on any atom is 0.482 e. The number of rotatable bonds is 2. The van der Waals surface area contributed by atoms with E-state index in [1.807, 2.05) is 0 Å². The van der Waals surface area contributed by atoms with Crippen LogP contribution in [0.4, 0.5) is 26.1 Å². The van der Waals surface area contributed by atoms with Crippen LogP contribution in [0.3, 0.4) is 0 Å². The molecule has 0 saturated carbocycles. The average Bonchev–Trinajstić information content (AvgIpc) is 1.99. The molecule has 0 aromatic carbocycles. The molecule has 0 aliphatic carbocycles. The maximum atomic E-state index is 12.1. The molecule has 0 radical (unpaired) electrons. The summed E-state index contributed by atoms with van der Waals surface area (Å²) in [5.74, 6) is 0. The van der Waals surface area contributed by atoms with Crippen LogP contribution in [0.5, 0.6) is 0 Å². The third-order valence-electron chi connectivity index (χ3n) is 1.59. The fourth-order valence-corrected chi connectivity index (χ4v) is 1.02.